The van der Waals surface area contributed by atoms with Crippen molar-refractivity contribution in [3.63, 3.8) is 0 Å². The van der Waals surface area contributed by atoms with Crippen molar-refractivity contribution in [2.24, 2.45) is 5.92 Å². The fraction of sp³-hybridized carbons (Fsp3) is 0.393. The van der Waals surface area contributed by atoms with Gasteiger partial charge in [-0.1, -0.05) is 42.8 Å². The smallest absolute Gasteiger partial charge is 0.270 e. The molecule has 1 aromatic heterocycles. The monoisotopic (exact) mass is 489 g/mol. The molecule has 1 aliphatic heterocycles. The van der Waals surface area contributed by atoms with Gasteiger partial charge >= 0.3 is 0 Å². The average Bonchev–Trinajstić information content (AvgIpc) is 3.62. The molecule has 2 amide bonds. The number of thiazole rings is 1. The quantitative estimate of drug-likeness (QED) is 0.480. The minimum atomic E-state index is -0.149. The van der Waals surface area contributed by atoms with E-state index in [2.05, 4.69) is 58.5 Å². The van der Waals surface area contributed by atoms with Gasteiger partial charge in [-0.05, 0) is 61.4 Å². The zero-order valence-corrected chi connectivity index (χ0v) is 21.1. The maximum Gasteiger partial charge on any atom is 0.270 e. The van der Waals surface area contributed by atoms with Gasteiger partial charge < -0.3 is 15.0 Å². The topological polar surface area (TPSA) is 71.5 Å². The maximum absolute atomic E-state index is 13.2. The standard InChI is InChI=1S/C28H31N3O3S/c1-3-12-29-27(32)24-17-35-25(30-24)16-34-22-10-9-19-11-13-31(28(33)20-7-8-20)26(23(19)15-22)21-6-4-5-18(2)14-21/h4-6,9-10,14-15,17,20,26H,3,7-8,11-13,16H2,1-2H3,(H,29,32)/t26-/m0/s1. The number of hydrogen-bond acceptors (Lipinski definition) is 5. The number of amides is 2. The first-order chi connectivity index (χ1) is 17.0. The van der Waals surface area contributed by atoms with Gasteiger partial charge in [0.15, 0.2) is 0 Å². The van der Waals surface area contributed by atoms with E-state index in [1.165, 1.54) is 22.5 Å². The lowest BCUT2D eigenvalue weighted by Gasteiger charge is -2.38. The summed E-state index contributed by atoms with van der Waals surface area (Å²) in [7, 11) is 0. The molecule has 1 N–H and O–H groups in total. The minimum Gasteiger partial charge on any atom is -0.486 e. The molecule has 2 heterocycles. The van der Waals surface area contributed by atoms with Gasteiger partial charge in [-0.2, -0.15) is 0 Å². The molecule has 5 rings (SSSR count). The highest BCUT2D eigenvalue weighted by Gasteiger charge is 2.39. The number of carbonyl (C=O) groups is 2. The normalized spacial score (nSPS) is 17.1. The summed E-state index contributed by atoms with van der Waals surface area (Å²) in [5.41, 5.74) is 5.14. The van der Waals surface area contributed by atoms with E-state index in [9.17, 15) is 9.59 Å². The lowest BCUT2D eigenvalue weighted by Crippen LogP contribution is -2.41. The summed E-state index contributed by atoms with van der Waals surface area (Å²) in [5.74, 6) is 1.04. The predicted molar refractivity (Wildman–Crippen MR) is 137 cm³/mol. The fourth-order valence-electron chi connectivity index (χ4n) is 4.64. The molecule has 0 radical (unpaired) electrons. The SMILES string of the molecule is CCCNC(=O)c1csc(COc2ccc3c(c2)[C@H](c2cccc(C)c2)N(C(=O)C2CC2)CC3)n1. The number of benzene rings is 2. The molecule has 7 heteroatoms. The van der Waals surface area contributed by atoms with Crippen LogP contribution in [-0.4, -0.2) is 34.8 Å². The third-order valence-electron chi connectivity index (χ3n) is 6.60. The molecule has 3 aromatic rings. The molecule has 0 saturated heterocycles. The van der Waals surface area contributed by atoms with E-state index >= 15 is 0 Å². The van der Waals surface area contributed by atoms with E-state index in [-0.39, 0.29) is 23.8 Å². The number of carbonyl (C=O) groups excluding carboxylic acids is 2. The highest BCUT2D eigenvalue weighted by molar-refractivity contribution is 7.09. The predicted octanol–water partition coefficient (Wildman–Crippen LogP) is 5.05. The van der Waals surface area contributed by atoms with Crippen molar-refractivity contribution in [1.82, 2.24) is 15.2 Å². The summed E-state index contributed by atoms with van der Waals surface area (Å²) in [6.07, 6.45) is 3.73. The van der Waals surface area contributed by atoms with Crippen LogP contribution >= 0.6 is 11.3 Å². The third kappa shape index (κ3) is 5.25. The lowest BCUT2D eigenvalue weighted by atomic mass is 9.87. The Morgan fingerprint density at radius 3 is 2.83 bits per heavy atom. The highest BCUT2D eigenvalue weighted by atomic mass is 32.1. The molecular formula is C28H31N3O3S. The summed E-state index contributed by atoms with van der Waals surface area (Å²) in [4.78, 5) is 31.9. The summed E-state index contributed by atoms with van der Waals surface area (Å²) in [5, 5.41) is 5.38. The number of aryl methyl sites for hydroxylation is 1. The van der Waals surface area contributed by atoms with E-state index < -0.39 is 0 Å². The molecule has 1 saturated carbocycles. The molecule has 35 heavy (non-hydrogen) atoms. The Morgan fingerprint density at radius 1 is 1.20 bits per heavy atom. The highest BCUT2D eigenvalue weighted by Crippen LogP contribution is 2.41. The number of hydrogen-bond donors (Lipinski definition) is 1. The first kappa shape index (κ1) is 23.5. The van der Waals surface area contributed by atoms with Gasteiger partial charge in [-0.15, -0.1) is 11.3 Å². The molecule has 2 aromatic carbocycles. The Labute approximate surface area is 210 Å². The fourth-order valence-corrected chi connectivity index (χ4v) is 5.33. The van der Waals surface area contributed by atoms with E-state index in [0.717, 1.165) is 54.1 Å². The largest absolute Gasteiger partial charge is 0.486 e. The van der Waals surface area contributed by atoms with Crippen molar-refractivity contribution in [3.05, 3.63) is 80.8 Å². The molecule has 0 spiro atoms. The summed E-state index contributed by atoms with van der Waals surface area (Å²) < 4.78 is 6.11. The Bertz CT molecular complexity index is 1230. The van der Waals surface area contributed by atoms with Gasteiger partial charge in [0.25, 0.3) is 5.91 Å². The lowest BCUT2D eigenvalue weighted by molar-refractivity contribution is -0.134. The number of nitrogens with one attached hydrogen (secondary N) is 1. The molecule has 1 fully saturated rings. The summed E-state index contributed by atoms with van der Waals surface area (Å²) >= 11 is 1.42. The van der Waals surface area contributed by atoms with Gasteiger partial charge in [0.05, 0.1) is 6.04 Å². The van der Waals surface area contributed by atoms with Crippen molar-refractivity contribution >= 4 is 23.2 Å². The molecule has 1 atom stereocenters. The molecule has 2 aliphatic rings. The van der Waals surface area contributed by atoms with Crippen LogP contribution in [0.2, 0.25) is 0 Å². The Kier molecular flexibility index (Phi) is 6.86. The zero-order chi connectivity index (χ0) is 24.4. The van der Waals surface area contributed by atoms with Crippen LogP contribution in [0.5, 0.6) is 5.75 Å². The summed E-state index contributed by atoms with van der Waals surface area (Å²) in [6.45, 7) is 5.78. The van der Waals surface area contributed by atoms with Crippen LogP contribution in [0.1, 0.15) is 70.0 Å². The molecule has 6 nitrogen and oxygen atoms in total. The minimum absolute atomic E-state index is 0.107. The van der Waals surface area contributed by atoms with Gasteiger partial charge in [-0.25, -0.2) is 4.98 Å². The number of rotatable bonds is 8. The number of nitrogens with zero attached hydrogens (tertiary/aromatic N) is 2. The Hall–Kier alpha value is -3.19. The second-order valence-electron chi connectivity index (χ2n) is 9.40. The number of aromatic nitrogens is 1. The van der Waals surface area contributed by atoms with Crippen LogP contribution in [0.25, 0.3) is 0 Å². The maximum atomic E-state index is 13.2. The van der Waals surface area contributed by atoms with Crippen LogP contribution < -0.4 is 10.1 Å². The van der Waals surface area contributed by atoms with Gasteiger partial charge in [0.1, 0.15) is 23.1 Å². The van der Waals surface area contributed by atoms with Crippen LogP contribution in [-0.2, 0) is 17.8 Å². The Morgan fingerprint density at radius 2 is 2.06 bits per heavy atom. The van der Waals surface area contributed by atoms with Gasteiger partial charge in [0.2, 0.25) is 5.91 Å². The van der Waals surface area contributed by atoms with Crippen LogP contribution in [0.15, 0.2) is 47.8 Å². The molecule has 0 unspecified atom stereocenters. The molecule has 182 valence electrons. The zero-order valence-electron chi connectivity index (χ0n) is 20.3. The van der Waals surface area contributed by atoms with E-state index in [0.29, 0.717) is 18.8 Å². The van der Waals surface area contributed by atoms with E-state index in [4.69, 9.17) is 4.74 Å². The molecular weight excluding hydrogens is 458 g/mol. The van der Waals surface area contributed by atoms with E-state index in [1.54, 1.807) is 5.38 Å². The molecule has 1 aliphatic carbocycles. The van der Waals surface area contributed by atoms with Crippen molar-refractivity contribution < 1.29 is 14.3 Å². The van der Waals surface area contributed by atoms with Gasteiger partial charge in [-0.3, -0.25) is 9.59 Å². The first-order valence-electron chi connectivity index (χ1n) is 12.4. The van der Waals surface area contributed by atoms with Crippen molar-refractivity contribution in [2.75, 3.05) is 13.1 Å². The van der Waals surface area contributed by atoms with Crippen molar-refractivity contribution in [3.8, 4) is 5.75 Å². The third-order valence-corrected chi connectivity index (χ3v) is 7.42. The van der Waals surface area contributed by atoms with Crippen molar-refractivity contribution in [2.45, 2.75) is 52.2 Å². The Balaban J connectivity index is 1.38. The van der Waals surface area contributed by atoms with Gasteiger partial charge in [0, 0.05) is 24.4 Å². The van der Waals surface area contributed by atoms with Crippen LogP contribution in [0.3, 0.4) is 0 Å². The number of fused-ring (bicyclic) bond motifs is 1. The second kappa shape index (κ2) is 10.2. The summed E-state index contributed by atoms with van der Waals surface area (Å²) in [6, 6.07) is 14.5. The second-order valence-corrected chi connectivity index (χ2v) is 10.3. The number of ether oxygens (including phenoxy) is 1. The molecule has 0 bridgehead atoms. The average molecular weight is 490 g/mol. The van der Waals surface area contributed by atoms with E-state index in [1.807, 2.05) is 13.0 Å². The van der Waals surface area contributed by atoms with Crippen molar-refractivity contribution in [1.29, 1.82) is 0 Å². The van der Waals surface area contributed by atoms with Crippen LogP contribution in [0, 0.1) is 12.8 Å². The first-order valence-corrected chi connectivity index (χ1v) is 13.3. The van der Waals surface area contributed by atoms with Crippen LogP contribution in [0.4, 0.5) is 0 Å².